The first kappa shape index (κ1) is 20.2. The number of nitrogens with one attached hydrogen (secondary N) is 1. The molecule has 1 N–H and O–H groups in total. The summed E-state index contributed by atoms with van der Waals surface area (Å²) in [7, 11) is 0. The molecule has 1 amide bonds. The van der Waals surface area contributed by atoms with E-state index in [1.165, 1.54) is 16.7 Å². The van der Waals surface area contributed by atoms with Gasteiger partial charge >= 0.3 is 0 Å². The van der Waals surface area contributed by atoms with Gasteiger partial charge in [-0.05, 0) is 42.7 Å². The number of carbonyl (C=O) groups excluding carboxylic acids is 1. The van der Waals surface area contributed by atoms with Gasteiger partial charge < -0.3 is 10.2 Å². The van der Waals surface area contributed by atoms with Gasteiger partial charge in [0.15, 0.2) is 0 Å². The Balaban J connectivity index is 1.35. The van der Waals surface area contributed by atoms with E-state index in [1.807, 2.05) is 11.0 Å². The lowest BCUT2D eigenvalue weighted by Gasteiger charge is -2.34. The molecule has 0 bridgehead atoms. The smallest absolute Gasteiger partial charge is 0.224 e. The van der Waals surface area contributed by atoms with Crippen LogP contribution in [0.2, 0.25) is 0 Å². The van der Waals surface area contributed by atoms with Gasteiger partial charge in [0, 0.05) is 51.4 Å². The molecule has 0 aromatic heterocycles. The Bertz CT molecular complexity index is 793. The molecule has 1 aliphatic heterocycles. The Morgan fingerprint density at radius 1 is 1.00 bits per heavy atom. The molecule has 0 aliphatic carbocycles. The summed E-state index contributed by atoms with van der Waals surface area (Å²) < 4.78 is 0. The molecule has 1 fully saturated rings. The lowest BCUT2D eigenvalue weighted by atomic mass is 10.1. The monoisotopic (exact) mass is 377 g/mol. The maximum Gasteiger partial charge on any atom is 0.224 e. The van der Waals surface area contributed by atoms with Crippen LogP contribution in [0.4, 0.5) is 5.69 Å². The van der Waals surface area contributed by atoms with Crippen LogP contribution in [0.3, 0.4) is 0 Å². The van der Waals surface area contributed by atoms with Gasteiger partial charge in [-0.1, -0.05) is 48.6 Å². The molecule has 0 atom stereocenters. The zero-order chi connectivity index (χ0) is 19.8. The Kier molecular flexibility index (Phi) is 7.26. The fraction of sp³-hybridized carbons (Fsp3) is 0.375. The van der Waals surface area contributed by atoms with Crippen LogP contribution in [0.1, 0.15) is 23.1 Å². The van der Waals surface area contributed by atoms with Crippen molar-refractivity contribution < 1.29 is 4.79 Å². The van der Waals surface area contributed by atoms with Crippen molar-refractivity contribution in [2.75, 3.05) is 44.6 Å². The van der Waals surface area contributed by atoms with Gasteiger partial charge in [-0.2, -0.15) is 0 Å². The fourth-order valence-electron chi connectivity index (χ4n) is 3.41. The second kappa shape index (κ2) is 10.1. The van der Waals surface area contributed by atoms with Gasteiger partial charge in [0.2, 0.25) is 5.91 Å². The summed E-state index contributed by atoms with van der Waals surface area (Å²) >= 11 is 0. The van der Waals surface area contributed by atoms with E-state index in [0.717, 1.165) is 38.4 Å². The van der Waals surface area contributed by atoms with E-state index in [1.54, 1.807) is 0 Å². The van der Waals surface area contributed by atoms with Crippen LogP contribution in [0.25, 0.3) is 6.08 Å². The molecule has 1 saturated heterocycles. The van der Waals surface area contributed by atoms with Gasteiger partial charge in [-0.3, -0.25) is 9.69 Å². The first-order chi connectivity index (χ1) is 13.6. The number of anilines is 1. The summed E-state index contributed by atoms with van der Waals surface area (Å²) in [6, 6.07) is 16.7. The molecule has 0 unspecified atom stereocenters. The Morgan fingerprint density at radius 2 is 1.75 bits per heavy atom. The summed E-state index contributed by atoms with van der Waals surface area (Å²) in [4.78, 5) is 16.9. The van der Waals surface area contributed by atoms with E-state index in [-0.39, 0.29) is 5.91 Å². The van der Waals surface area contributed by atoms with Gasteiger partial charge in [-0.15, -0.1) is 0 Å². The van der Waals surface area contributed by atoms with Crippen molar-refractivity contribution in [3.8, 4) is 0 Å². The summed E-state index contributed by atoms with van der Waals surface area (Å²) in [6.07, 6.45) is 4.91. The maximum absolute atomic E-state index is 12.5. The predicted octanol–water partition coefficient (Wildman–Crippen LogP) is 3.96. The summed E-state index contributed by atoms with van der Waals surface area (Å²) in [5.74, 6) is 0.246. The Hall–Kier alpha value is -2.59. The van der Waals surface area contributed by atoms with Crippen LogP contribution in [-0.2, 0) is 4.79 Å². The third kappa shape index (κ3) is 5.96. The molecule has 1 heterocycles. The second-order valence-corrected chi connectivity index (χ2v) is 7.47. The number of amides is 1. The molecule has 4 heteroatoms. The second-order valence-electron chi connectivity index (χ2n) is 7.47. The van der Waals surface area contributed by atoms with Crippen LogP contribution in [0, 0.1) is 13.8 Å². The Labute approximate surface area is 168 Å². The molecule has 0 radical (unpaired) electrons. The number of carbonyl (C=O) groups is 1. The van der Waals surface area contributed by atoms with Crippen molar-refractivity contribution in [3.05, 3.63) is 71.3 Å². The number of rotatable bonds is 7. The first-order valence-electron chi connectivity index (χ1n) is 10.1. The van der Waals surface area contributed by atoms with Crippen LogP contribution in [0.5, 0.6) is 0 Å². The van der Waals surface area contributed by atoms with Crippen LogP contribution >= 0.6 is 0 Å². The van der Waals surface area contributed by atoms with Crippen LogP contribution in [0.15, 0.2) is 54.6 Å². The predicted molar refractivity (Wildman–Crippen MR) is 118 cm³/mol. The molecule has 0 spiro atoms. The highest BCUT2D eigenvalue weighted by Gasteiger charge is 2.19. The first-order valence-corrected chi connectivity index (χ1v) is 10.1. The number of aryl methyl sites for hydroxylation is 2. The molecule has 2 aromatic rings. The number of benzene rings is 2. The largest absolute Gasteiger partial charge is 0.385 e. The summed E-state index contributed by atoms with van der Waals surface area (Å²) in [5, 5.41) is 3.37. The van der Waals surface area contributed by atoms with Crippen molar-refractivity contribution in [3.63, 3.8) is 0 Å². The third-order valence-corrected chi connectivity index (χ3v) is 5.37. The number of nitrogens with zero attached hydrogens (tertiary/aromatic N) is 2. The zero-order valence-corrected chi connectivity index (χ0v) is 17.0. The number of hydrogen-bond donors (Lipinski definition) is 1. The van der Waals surface area contributed by atoms with E-state index in [4.69, 9.17) is 0 Å². The highest BCUT2D eigenvalue weighted by Crippen LogP contribution is 2.14. The van der Waals surface area contributed by atoms with E-state index in [9.17, 15) is 4.79 Å². The highest BCUT2D eigenvalue weighted by molar-refractivity contribution is 5.76. The topological polar surface area (TPSA) is 35.6 Å². The lowest BCUT2D eigenvalue weighted by Crippen LogP contribution is -2.48. The highest BCUT2D eigenvalue weighted by atomic mass is 16.2. The maximum atomic E-state index is 12.5. The third-order valence-electron chi connectivity index (χ3n) is 5.37. The van der Waals surface area contributed by atoms with Gasteiger partial charge in [0.05, 0.1) is 0 Å². The van der Waals surface area contributed by atoms with E-state index in [0.29, 0.717) is 13.0 Å². The molecular weight excluding hydrogens is 346 g/mol. The summed E-state index contributed by atoms with van der Waals surface area (Å²) in [6.45, 7) is 9.36. The van der Waals surface area contributed by atoms with E-state index >= 15 is 0 Å². The standard InChI is InChI=1S/C24H31N3O/c1-20-10-11-23(19-21(20)2)25-13-12-24(28)27-17-15-26(16-18-27)14-6-9-22-7-4-3-5-8-22/h3-11,19,25H,12-18H2,1-2H3/b9-6+. The van der Waals surface area contributed by atoms with Gasteiger partial charge in [0.25, 0.3) is 0 Å². The molecule has 3 rings (SSSR count). The van der Waals surface area contributed by atoms with Crippen LogP contribution < -0.4 is 5.32 Å². The van der Waals surface area contributed by atoms with E-state index in [2.05, 4.69) is 78.7 Å². The molecule has 4 nitrogen and oxygen atoms in total. The van der Waals surface area contributed by atoms with Crippen molar-refractivity contribution in [2.45, 2.75) is 20.3 Å². The molecule has 0 saturated carbocycles. The average molecular weight is 378 g/mol. The minimum absolute atomic E-state index is 0.246. The molecular formula is C24H31N3O. The lowest BCUT2D eigenvalue weighted by molar-refractivity contribution is -0.132. The quantitative estimate of drug-likeness (QED) is 0.793. The van der Waals surface area contributed by atoms with Crippen LogP contribution in [-0.4, -0.2) is 55.0 Å². The molecule has 1 aliphatic rings. The van der Waals surface area contributed by atoms with Crippen molar-refractivity contribution >= 4 is 17.7 Å². The van der Waals surface area contributed by atoms with Crippen molar-refractivity contribution in [2.24, 2.45) is 0 Å². The van der Waals surface area contributed by atoms with Crippen molar-refractivity contribution in [1.29, 1.82) is 0 Å². The number of piperazine rings is 1. The Morgan fingerprint density at radius 3 is 2.46 bits per heavy atom. The molecule has 148 valence electrons. The SMILES string of the molecule is Cc1ccc(NCCC(=O)N2CCN(C/C=C/c3ccccc3)CC2)cc1C. The normalized spacial score (nSPS) is 15.1. The summed E-state index contributed by atoms with van der Waals surface area (Å²) in [5.41, 5.74) is 4.88. The average Bonchev–Trinajstić information content (AvgIpc) is 2.72. The van der Waals surface area contributed by atoms with Gasteiger partial charge in [-0.25, -0.2) is 0 Å². The fourth-order valence-corrected chi connectivity index (χ4v) is 3.41. The molecule has 2 aromatic carbocycles. The minimum Gasteiger partial charge on any atom is -0.385 e. The number of hydrogen-bond acceptors (Lipinski definition) is 3. The zero-order valence-electron chi connectivity index (χ0n) is 17.0. The van der Waals surface area contributed by atoms with Crippen molar-refractivity contribution in [1.82, 2.24) is 9.80 Å². The minimum atomic E-state index is 0.246. The van der Waals surface area contributed by atoms with Gasteiger partial charge in [0.1, 0.15) is 0 Å². The van der Waals surface area contributed by atoms with E-state index < -0.39 is 0 Å². The molecule has 28 heavy (non-hydrogen) atoms.